The van der Waals surface area contributed by atoms with E-state index in [9.17, 15) is 0 Å². The molecule has 3 heteroatoms. The van der Waals surface area contributed by atoms with E-state index in [1.807, 2.05) is 6.07 Å². The molecule has 1 saturated heterocycles. The smallest absolute Gasteiger partial charge is 0.119 e. The third-order valence-corrected chi connectivity index (χ3v) is 5.24. The van der Waals surface area contributed by atoms with E-state index < -0.39 is 0 Å². The van der Waals surface area contributed by atoms with E-state index in [1.54, 1.807) is 7.11 Å². The fourth-order valence-electron chi connectivity index (χ4n) is 4.14. The van der Waals surface area contributed by atoms with Crippen molar-refractivity contribution in [1.29, 1.82) is 0 Å². The Labute approximate surface area is 128 Å². The minimum Gasteiger partial charge on any atom is -0.497 e. The van der Waals surface area contributed by atoms with Gasteiger partial charge in [0.1, 0.15) is 5.75 Å². The zero-order valence-electron chi connectivity index (χ0n) is 13.4. The van der Waals surface area contributed by atoms with Gasteiger partial charge in [0.15, 0.2) is 0 Å². The number of rotatable bonds is 5. The number of fused-ring (bicyclic) bond motifs is 1. The van der Waals surface area contributed by atoms with Crippen molar-refractivity contribution in [2.45, 2.75) is 45.3 Å². The van der Waals surface area contributed by atoms with E-state index in [0.717, 1.165) is 25.3 Å². The van der Waals surface area contributed by atoms with Gasteiger partial charge in [-0.3, -0.25) is 0 Å². The van der Waals surface area contributed by atoms with Crippen LogP contribution in [0.4, 0.5) is 0 Å². The van der Waals surface area contributed by atoms with Crippen LogP contribution in [0, 0.1) is 11.3 Å². The van der Waals surface area contributed by atoms with E-state index in [4.69, 9.17) is 9.47 Å². The third kappa shape index (κ3) is 2.82. The molecular formula is C18H27NO2. The van der Waals surface area contributed by atoms with Crippen LogP contribution in [0.5, 0.6) is 5.75 Å². The van der Waals surface area contributed by atoms with E-state index in [-0.39, 0.29) is 5.41 Å². The fraction of sp³-hybridized carbons (Fsp3) is 0.667. The second-order valence-electron chi connectivity index (χ2n) is 6.95. The topological polar surface area (TPSA) is 30.5 Å². The second kappa shape index (κ2) is 5.98. The van der Waals surface area contributed by atoms with Crippen molar-refractivity contribution in [3.8, 4) is 5.75 Å². The predicted molar refractivity (Wildman–Crippen MR) is 84.7 cm³/mol. The first-order chi connectivity index (χ1) is 10.1. The average molecular weight is 289 g/mol. The zero-order valence-corrected chi connectivity index (χ0v) is 13.4. The van der Waals surface area contributed by atoms with Gasteiger partial charge in [0.05, 0.1) is 13.2 Å². The lowest BCUT2D eigenvalue weighted by Crippen LogP contribution is -2.69. The van der Waals surface area contributed by atoms with Crippen molar-refractivity contribution in [3.63, 3.8) is 0 Å². The molecule has 1 saturated carbocycles. The van der Waals surface area contributed by atoms with E-state index in [0.29, 0.717) is 18.1 Å². The molecule has 1 heterocycles. The molecule has 2 aliphatic rings. The van der Waals surface area contributed by atoms with Crippen LogP contribution in [0.3, 0.4) is 0 Å². The SMILES string of the molecule is COc1cccc(CCNC2C3CCCOC3C2(C)C)c1. The number of nitrogens with one attached hydrogen (secondary N) is 1. The Balaban J connectivity index is 1.53. The molecule has 3 atom stereocenters. The fourth-order valence-corrected chi connectivity index (χ4v) is 4.14. The monoisotopic (exact) mass is 289 g/mol. The molecule has 1 aromatic carbocycles. The molecule has 116 valence electrons. The summed E-state index contributed by atoms with van der Waals surface area (Å²) in [6.45, 7) is 6.64. The Bertz CT molecular complexity index is 486. The summed E-state index contributed by atoms with van der Waals surface area (Å²) in [5.74, 6) is 1.65. The van der Waals surface area contributed by atoms with Gasteiger partial charge in [-0.2, -0.15) is 0 Å². The summed E-state index contributed by atoms with van der Waals surface area (Å²) < 4.78 is 11.2. The molecule has 3 rings (SSSR count). The summed E-state index contributed by atoms with van der Waals surface area (Å²) in [5.41, 5.74) is 1.59. The number of methoxy groups -OCH3 is 1. The van der Waals surface area contributed by atoms with Gasteiger partial charge >= 0.3 is 0 Å². The molecule has 0 bridgehead atoms. The van der Waals surface area contributed by atoms with Crippen LogP contribution in [0.2, 0.25) is 0 Å². The highest BCUT2D eigenvalue weighted by molar-refractivity contribution is 5.28. The number of hydrogen-bond donors (Lipinski definition) is 1. The normalized spacial score (nSPS) is 30.3. The summed E-state index contributed by atoms with van der Waals surface area (Å²) in [6, 6.07) is 8.94. The second-order valence-corrected chi connectivity index (χ2v) is 6.95. The van der Waals surface area contributed by atoms with Gasteiger partial charge in [0.2, 0.25) is 0 Å². The standard InChI is InChI=1S/C18H27NO2/c1-18(2)16(15-8-5-11-21-17(15)18)19-10-9-13-6-4-7-14(12-13)20-3/h4,6-7,12,15-17,19H,5,8-11H2,1-3H3. The minimum atomic E-state index is 0.263. The lowest BCUT2D eigenvalue weighted by molar-refractivity contribution is -0.192. The van der Waals surface area contributed by atoms with Crippen molar-refractivity contribution in [2.75, 3.05) is 20.3 Å². The molecule has 1 aliphatic heterocycles. The molecule has 3 unspecified atom stereocenters. The highest BCUT2D eigenvalue weighted by Gasteiger charge is 2.57. The van der Waals surface area contributed by atoms with Gasteiger partial charge in [0.25, 0.3) is 0 Å². The maximum atomic E-state index is 5.96. The first-order valence-corrected chi connectivity index (χ1v) is 8.11. The largest absolute Gasteiger partial charge is 0.497 e. The molecule has 21 heavy (non-hydrogen) atoms. The summed E-state index contributed by atoms with van der Waals surface area (Å²) >= 11 is 0. The quantitative estimate of drug-likeness (QED) is 0.904. The Hall–Kier alpha value is -1.06. The van der Waals surface area contributed by atoms with Gasteiger partial charge in [0, 0.05) is 24.0 Å². The van der Waals surface area contributed by atoms with Crippen LogP contribution in [0.15, 0.2) is 24.3 Å². The van der Waals surface area contributed by atoms with Gasteiger partial charge in [-0.05, 0) is 43.5 Å². The number of ether oxygens (including phenoxy) is 2. The molecule has 3 nitrogen and oxygen atoms in total. The lowest BCUT2D eigenvalue weighted by atomic mass is 9.55. The minimum absolute atomic E-state index is 0.263. The molecule has 2 fully saturated rings. The molecule has 0 spiro atoms. The highest BCUT2D eigenvalue weighted by atomic mass is 16.5. The van der Waals surface area contributed by atoms with Crippen LogP contribution < -0.4 is 10.1 Å². The van der Waals surface area contributed by atoms with Crippen LogP contribution >= 0.6 is 0 Å². The molecule has 1 aromatic rings. The number of benzene rings is 1. The molecule has 1 N–H and O–H groups in total. The predicted octanol–water partition coefficient (Wildman–Crippen LogP) is 3.03. The Morgan fingerprint density at radius 1 is 1.38 bits per heavy atom. The van der Waals surface area contributed by atoms with Crippen LogP contribution in [-0.2, 0) is 11.2 Å². The first kappa shape index (κ1) is 14.9. The van der Waals surface area contributed by atoms with E-state index >= 15 is 0 Å². The molecule has 0 radical (unpaired) electrons. The highest BCUT2D eigenvalue weighted by Crippen LogP contribution is 2.51. The Kier molecular flexibility index (Phi) is 4.23. The van der Waals surface area contributed by atoms with Crippen molar-refractivity contribution < 1.29 is 9.47 Å². The van der Waals surface area contributed by atoms with E-state index in [1.165, 1.54) is 18.4 Å². The summed E-state index contributed by atoms with van der Waals surface area (Å²) in [6.07, 6.45) is 4.03. The Morgan fingerprint density at radius 3 is 3.05 bits per heavy atom. The van der Waals surface area contributed by atoms with Crippen LogP contribution in [0.1, 0.15) is 32.3 Å². The molecule has 1 aliphatic carbocycles. The van der Waals surface area contributed by atoms with Crippen molar-refractivity contribution in [1.82, 2.24) is 5.32 Å². The van der Waals surface area contributed by atoms with Gasteiger partial charge in [-0.15, -0.1) is 0 Å². The molecular weight excluding hydrogens is 262 g/mol. The summed E-state index contributed by atoms with van der Waals surface area (Å²) in [5, 5.41) is 3.77. The van der Waals surface area contributed by atoms with Crippen LogP contribution in [-0.4, -0.2) is 32.4 Å². The molecule has 0 aromatic heterocycles. The number of hydrogen-bond acceptors (Lipinski definition) is 3. The first-order valence-electron chi connectivity index (χ1n) is 8.11. The van der Waals surface area contributed by atoms with Gasteiger partial charge in [-0.25, -0.2) is 0 Å². The Morgan fingerprint density at radius 2 is 2.24 bits per heavy atom. The maximum Gasteiger partial charge on any atom is 0.119 e. The van der Waals surface area contributed by atoms with Crippen molar-refractivity contribution in [2.24, 2.45) is 11.3 Å². The van der Waals surface area contributed by atoms with Gasteiger partial charge in [-0.1, -0.05) is 26.0 Å². The van der Waals surface area contributed by atoms with Crippen LogP contribution in [0.25, 0.3) is 0 Å². The van der Waals surface area contributed by atoms with Gasteiger partial charge < -0.3 is 14.8 Å². The average Bonchev–Trinajstić information content (AvgIpc) is 2.51. The van der Waals surface area contributed by atoms with Crippen molar-refractivity contribution in [3.05, 3.63) is 29.8 Å². The molecule has 0 amide bonds. The summed E-state index contributed by atoms with van der Waals surface area (Å²) in [4.78, 5) is 0. The van der Waals surface area contributed by atoms with Crippen molar-refractivity contribution >= 4 is 0 Å². The lowest BCUT2D eigenvalue weighted by Gasteiger charge is -2.60. The summed E-state index contributed by atoms with van der Waals surface area (Å²) in [7, 11) is 1.72. The van der Waals surface area contributed by atoms with E-state index in [2.05, 4.69) is 37.4 Å². The maximum absolute atomic E-state index is 5.96. The zero-order chi connectivity index (χ0) is 14.9. The third-order valence-electron chi connectivity index (χ3n) is 5.24.